The molecule has 36 heavy (non-hydrogen) atoms. The van der Waals surface area contributed by atoms with Crippen molar-refractivity contribution in [2.24, 2.45) is 5.92 Å². The number of hydroxylamine groups is 1. The highest BCUT2D eigenvalue weighted by atomic mass is 19.4. The predicted molar refractivity (Wildman–Crippen MR) is 117 cm³/mol. The minimum atomic E-state index is -4.80. The summed E-state index contributed by atoms with van der Waals surface area (Å²) in [4.78, 5) is 33.2. The Balaban J connectivity index is 1.57. The first-order chi connectivity index (χ1) is 17.2. The van der Waals surface area contributed by atoms with Gasteiger partial charge in [0.05, 0.1) is 23.0 Å². The van der Waals surface area contributed by atoms with Crippen molar-refractivity contribution in [3.05, 3.63) is 90.0 Å². The minimum absolute atomic E-state index is 0.120. The zero-order chi connectivity index (χ0) is 25.6. The van der Waals surface area contributed by atoms with Gasteiger partial charge in [0.1, 0.15) is 11.7 Å². The van der Waals surface area contributed by atoms with Gasteiger partial charge in [0, 0.05) is 0 Å². The number of ether oxygens (including phenoxy) is 1. The van der Waals surface area contributed by atoms with E-state index in [1.165, 1.54) is 35.4 Å². The molecule has 0 aliphatic carbocycles. The molecule has 6 nitrogen and oxygen atoms in total. The number of amides is 2. The molecule has 0 unspecified atom stereocenters. The lowest BCUT2D eigenvalue weighted by Crippen LogP contribution is -2.38. The van der Waals surface area contributed by atoms with Gasteiger partial charge in [0.2, 0.25) is 5.91 Å². The normalized spacial score (nSPS) is 21.9. The fourth-order valence-electron chi connectivity index (χ4n) is 4.54. The SMILES string of the molecule is O=C1[C@@H]2[C@H](ON(c3ccccc3)[C@H]2c2ccc(OC(F)F)cc2)C(=O)N1c1ccccc1C(F)(F)F. The smallest absolute Gasteiger partial charge is 0.418 e. The molecular formula is C25H17F5N2O4. The van der Waals surface area contributed by atoms with Crippen LogP contribution in [0.1, 0.15) is 17.2 Å². The number of hydrogen-bond donors (Lipinski definition) is 0. The molecule has 3 aromatic rings. The molecule has 2 heterocycles. The molecule has 186 valence electrons. The number of rotatable bonds is 5. The van der Waals surface area contributed by atoms with Crippen LogP contribution in [-0.4, -0.2) is 24.5 Å². The Bertz CT molecular complexity index is 1280. The van der Waals surface area contributed by atoms with Gasteiger partial charge in [-0.2, -0.15) is 22.0 Å². The van der Waals surface area contributed by atoms with Gasteiger partial charge < -0.3 is 4.74 Å². The fourth-order valence-corrected chi connectivity index (χ4v) is 4.54. The van der Waals surface area contributed by atoms with Crippen LogP contribution in [0.25, 0.3) is 0 Å². The summed E-state index contributed by atoms with van der Waals surface area (Å²) in [5.74, 6) is -3.10. The standard InChI is InChI=1S/C25H17F5N2O4/c26-24(27)35-16-12-10-14(11-13-16)20-19-21(36-32(20)15-6-2-1-3-7-15)23(34)31(22(19)33)18-9-5-4-8-17(18)25(28,29)30/h1-13,19-21,24H/t19-,20-,21-/m0/s1. The largest absolute Gasteiger partial charge is 0.435 e. The highest BCUT2D eigenvalue weighted by Crippen LogP contribution is 2.49. The van der Waals surface area contributed by atoms with Crippen molar-refractivity contribution in [1.29, 1.82) is 0 Å². The molecule has 0 saturated carbocycles. The van der Waals surface area contributed by atoms with E-state index in [-0.39, 0.29) is 5.75 Å². The molecule has 2 aliphatic heterocycles. The van der Waals surface area contributed by atoms with Crippen molar-refractivity contribution in [3.63, 3.8) is 0 Å². The van der Waals surface area contributed by atoms with Crippen LogP contribution in [0.3, 0.4) is 0 Å². The maximum Gasteiger partial charge on any atom is 0.418 e. The molecule has 0 aromatic heterocycles. The van der Waals surface area contributed by atoms with Crippen molar-refractivity contribution < 1.29 is 41.1 Å². The summed E-state index contributed by atoms with van der Waals surface area (Å²) in [6.07, 6.45) is -6.19. The molecule has 5 rings (SSSR count). The number of nitrogens with zero attached hydrogens (tertiary/aromatic N) is 2. The molecule has 2 aliphatic rings. The van der Waals surface area contributed by atoms with Gasteiger partial charge in [-0.3, -0.25) is 14.4 Å². The molecule has 11 heteroatoms. The number of fused-ring (bicyclic) bond motifs is 1. The summed E-state index contributed by atoms with van der Waals surface area (Å²) in [6, 6.07) is 17.3. The lowest BCUT2D eigenvalue weighted by molar-refractivity contribution is -0.137. The van der Waals surface area contributed by atoms with Gasteiger partial charge >= 0.3 is 12.8 Å². The summed E-state index contributed by atoms with van der Waals surface area (Å²) in [5, 5.41) is 1.35. The Labute approximate surface area is 201 Å². The Hall–Kier alpha value is -3.99. The van der Waals surface area contributed by atoms with Crippen LogP contribution < -0.4 is 14.7 Å². The number of carbonyl (C=O) groups is 2. The molecular weight excluding hydrogens is 487 g/mol. The van der Waals surface area contributed by atoms with E-state index in [1.54, 1.807) is 30.3 Å². The van der Waals surface area contributed by atoms with Gasteiger partial charge in [-0.25, -0.2) is 9.96 Å². The monoisotopic (exact) mass is 504 g/mol. The second kappa shape index (κ2) is 8.90. The van der Waals surface area contributed by atoms with E-state index in [0.717, 1.165) is 18.2 Å². The maximum absolute atomic E-state index is 13.6. The topological polar surface area (TPSA) is 59.1 Å². The predicted octanol–water partition coefficient (Wildman–Crippen LogP) is 5.36. The lowest BCUT2D eigenvalue weighted by atomic mass is 9.90. The second-order valence-electron chi connectivity index (χ2n) is 8.13. The summed E-state index contributed by atoms with van der Waals surface area (Å²) < 4.78 is 70.5. The van der Waals surface area contributed by atoms with Crippen molar-refractivity contribution in [3.8, 4) is 5.75 Å². The Morgan fingerprint density at radius 2 is 1.47 bits per heavy atom. The number of benzene rings is 3. The number of hydrogen-bond acceptors (Lipinski definition) is 5. The van der Waals surface area contributed by atoms with Gasteiger partial charge in [0.15, 0.2) is 6.10 Å². The summed E-state index contributed by atoms with van der Waals surface area (Å²) in [5.41, 5.74) is -0.798. The molecule has 0 bridgehead atoms. The van der Waals surface area contributed by atoms with Crippen molar-refractivity contribution in [1.82, 2.24) is 0 Å². The van der Waals surface area contributed by atoms with Gasteiger partial charge in [0.25, 0.3) is 5.91 Å². The number of anilines is 2. The zero-order valence-electron chi connectivity index (χ0n) is 18.2. The molecule has 2 amide bonds. The Morgan fingerprint density at radius 3 is 2.11 bits per heavy atom. The van der Waals surface area contributed by atoms with Crippen LogP contribution in [-0.2, 0) is 20.6 Å². The van der Waals surface area contributed by atoms with E-state index in [9.17, 15) is 31.5 Å². The maximum atomic E-state index is 13.6. The second-order valence-corrected chi connectivity index (χ2v) is 8.13. The van der Waals surface area contributed by atoms with Crippen molar-refractivity contribution in [2.45, 2.75) is 24.9 Å². The number of para-hydroxylation sites is 2. The van der Waals surface area contributed by atoms with Crippen LogP contribution in [0.2, 0.25) is 0 Å². The summed E-state index contributed by atoms with van der Waals surface area (Å²) in [7, 11) is 0. The van der Waals surface area contributed by atoms with Crippen LogP contribution in [0.5, 0.6) is 5.75 Å². The third-order valence-electron chi connectivity index (χ3n) is 6.02. The van der Waals surface area contributed by atoms with E-state index in [1.807, 2.05) is 0 Å². The number of carbonyl (C=O) groups excluding carboxylic acids is 2. The minimum Gasteiger partial charge on any atom is -0.435 e. The fraction of sp³-hybridized carbons (Fsp3) is 0.200. The number of alkyl halides is 5. The highest BCUT2D eigenvalue weighted by Gasteiger charge is 2.61. The van der Waals surface area contributed by atoms with Crippen LogP contribution in [0.4, 0.5) is 33.3 Å². The van der Waals surface area contributed by atoms with E-state index in [0.29, 0.717) is 16.2 Å². The highest BCUT2D eigenvalue weighted by molar-refractivity contribution is 6.24. The summed E-state index contributed by atoms with van der Waals surface area (Å²) >= 11 is 0. The van der Waals surface area contributed by atoms with Gasteiger partial charge in [-0.05, 0) is 42.0 Å². The van der Waals surface area contributed by atoms with E-state index < -0.39 is 53.9 Å². The zero-order valence-corrected chi connectivity index (χ0v) is 18.2. The van der Waals surface area contributed by atoms with Crippen LogP contribution >= 0.6 is 0 Å². The van der Waals surface area contributed by atoms with E-state index in [2.05, 4.69) is 4.74 Å². The van der Waals surface area contributed by atoms with Crippen LogP contribution in [0.15, 0.2) is 78.9 Å². The number of imide groups is 1. The van der Waals surface area contributed by atoms with E-state index >= 15 is 0 Å². The molecule has 0 radical (unpaired) electrons. The average molecular weight is 504 g/mol. The van der Waals surface area contributed by atoms with Crippen LogP contribution in [0, 0.1) is 5.92 Å². The van der Waals surface area contributed by atoms with Crippen molar-refractivity contribution >= 4 is 23.2 Å². The average Bonchev–Trinajstić information content (AvgIpc) is 3.35. The van der Waals surface area contributed by atoms with Crippen molar-refractivity contribution in [2.75, 3.05) is 9.96 Å². The first-order valence-electron chi connectivity index (χ1n) is 10.8. The molecule has 2 fully saturated rings. The Kier molecular flexibility index (Phi) is 5.87. The molecule has 3 atom stereocenters. The van der Waals surface area contributed by atoms with Gasteiger partial charge in [-0.1, -0.05) is 42.5 Å². The van der Waals surface area contributed by atoms with E-state index in [4.69, 9.17) is 4.84 Å². The quantitative estimate of drug-likeness (QED) is 0.346. The first kappa shape index (κ1) is 23.7. The molecule has 0 spiro atoms. The molecule has 3 aromatic carbocycles. The summed E-state index contributed by atoms with van der Waals surface area (Å²) in [6.45, 7) is -3.04. The number of halogens is 5. The molecule has 0 N–H and O–H groups in total. The third-order valence-corrected chi connectivity index (χ3v) is 6.02. The lowest BCUT2D eigenvalue weighted by Gasteiger charge is -2.29. The third kappa shape index (κ3) is 4.05. The Morgan fingerprint density at radius 1 is 0.833 bits per heavy atom. The molecule has 2 saturated heterocycles. The first-order valence-corrected chi connectivity index (χ1v) is 10.8. The van der Waals surface area contributed by atoms with Gasteiger partial charge in [-0.15, -0.1) is 0 Å².